The second-order valence-corrected chi connectivity index (χ2v) is 4.45. The van der Waals surface area contributed by atoms with E-state index in [4.69, 9.17) is 0 Å². The highest BCUT2D eigenvalue weighted by Gasteiger charge is 2.08. The third-order valence-corrected chi connectivity index (χ3v) is 3.30. The molecule has 3 heterocycles. The normalized spacial score (nSPS) is 11.4. The molecule has 3 aromatic heterocycles. The van der Waals surface area contributed by atoms with Gasteiger partial charge >= 0.3 is 0 Å². The van der Waals surface area contributed by atoms with Crippen molar-refractivity contribution in [2.24, 2.45) is 0 Å². The number of allylic oxidation sites excluding steroid dienone is 1. The standard InChI is InChI=1S/C16H15N3.CH4/c1-3-15(16-5-4-8-17-12(16)2)13-7-10-19-14(11-13)6-9-18-19;/h3-11H,1-2H3;1H4/b15-3-;. The van der Waals surface area contributed by atoms with Crippen LogP contribution in [0.1, 0.15) is 31.2 Å². The van der Waals surface area contributed by atoms with Gasteiger partial charge in [-0.3, -0.25) is 4.98 Å². The van der Waals surface area contributed by atoms with E-state index in [0.717, 1.165) is 11.2 Å². The van der Waals surface area contributed by atoms with Gasteiger partial charge in [-0.25, -0.2) is 4.52 Å². The van der Waals surface area contributed by atoms with Crippen molar-refractivity contribution in [3.05, 3.63) is 71.8 Å². The molecule has 0 N–H and O–H groups in total. The van der Waals surface area contributed by atoms with Crippen molar-refractivity contribution in [1.82, 2.24) is 14.6 Å². The van der Waals surface area contributed by atoms with Gasteiger partial charge in [-0.15, -0.1) is 0 Å². The summed E-state index contributed by atoms with van der Waals surface area (Å²) >= 11 is 0. The highest BCUT2D eigenvalue weighted by atomic mass is 15.2. The van der Waals surface area contributed by atoms with E-state index in [2.05, 4.69) is 41.3 Å². The van der Waals surface area contributed by atoms with E-state index >= 15 is 0 Å². The van der Waals surface area contributed by atoms with Crippen LogP contribution in [0, 0.1) is 6.92 Å². The summed E-state index contributed by atoms with van der Waals surface area (Å²) < 4.78 is 1.87. The molecule has 0 aliphatic heterocycles. The first-order valence-electron chi connectivity index (χ1n) is 6.31. The largest absolute Gasteiger partial charge is 0.261 e. The molecule has 0 aliphatic carbocycles. The van der Waals surface area contributed by atoms with Gasteiger partial charge in [0.1, 0.15) is 0 Å². The molecule has 102 valence electrons. The first kappa shape index (κ1) is 14.0. The molecule has 20 heavy (non-hydrogen) atoms. The molecule has 0 amide bonds. The van der Waals surface area contributed by atoms with Gasteiger partial charge in [0.05, 0.1) is 5.52 Å². The van der Waals surface area contributed by atoms with Crippen molar-refractivity contribution in [3.8, 4) is 0 Å². The number of hydrogen-bond donors (Lipinski definition) is 0. The number of fused-ring (bicyclic) bond motifs is 1. The fraction of sp³-hybridized carbons (Fsp3) is 0.176. The molecule has 0 bridgehead atoms. The van der Waals surface area contributed by atoms with Crippen molar-refractivity contribution < 1.29 is 0 Å². The van der Waals surface area contributed by atoms with Crippen LogP contribution in [0.15, 0.2) is 55.0 Å². The number of pyridine rings is 2. The van der Waals surface area contributed by atoms with Crippen molar-refractivity contribution in [1.29, 1.82) is 0 Å². The van der Waals surface area contributed by atoms with E-state index in [0.29, 0.717) is 0 Å². The van der Waals surface area contributed by atoms with Crippen molar-refractivity contribution in [2.75, 3.05) is 0 Å². The van der Waals surface area contributed by atoms with Crippen LogP contribution in [0.25, 0.3) is 11.1 Å². The SMILES string of the molecule is C.C/C=C(/c1ccn2nccc2c1)c1cccnc1C. The van der Waals surface area contributed by atoms with E-state index in [1.807, 2.05) is 42.2 Å². The molecule has 3 rings (SSSR count). The third kappa shape index (κ3) is 2.35. The van der Waals surface area contributed by atoms with E-state index in [9.17, 15) is 0 Å². The number of rotatable bonds is 2. The van der Waals surface area contributed by atoms with Crippen LogP contribution < -0.4 is 0 Å². The van der Waals surface area contributed by atoms with Gasteiger partial charge < -0.3 is 0 Å². The van der Waals surface area contributed by atoms with Crippen molar-refractivity contribution >= 4 is 11.1 Å². The molecule has 0 atom stereocenters. The minimum absolute atomic E-state index is 0. The lowest BCUT2D eigenvalue weighted by atomic mass is 9.97. The van der Waals surface area contributed by atoms with Gasteiger partial charge in [0.25, 0.3) is 0 Å². The fourth-order valence-corrected chi connectivity index (χ4v) is 2.34. The molecule has 0 fully saturated rings. The van der Waals surface area contributed by atoms with E-state index < -0.39 is 0 Å². The van der Waals surface area contributed by atoms with Gasteiger partial charge in [-0.2, -0.15) is 5.10 Å². The maximum atomic E-state index is 4.37. The summed E-state index contributed by atoms with van der Waals surface area (Å²) in [5.41, 5.74) is 5.71. The van der Waals surface area contributed by atoms with Crippen LogP contribution in [0.4, 0.5) is 0 Å². The first-order chi connectivity index (χ1) is 9.29. The summed E-state index contributed by atoms with van der Waals surface area (Å²) in [5.74, 6) is 0. The number of aromatic nitrogens is 3. The summed E-state index contributed by atoms with van der Waals surface area (Å²) in [6, 6.07) is 10.3. The monoisotopic (exact) mass is 265 g/mol. The molecule has 3 aromatic rings. The second kappa shape index (κ2) is 5.70. The van der Waals surface area contributed by atoms with E-state index in [1.54, 1.807) is 0 Å². The zero-order valence-electron chi connectivity index (χ0n) is 11.0. The van der Waals surface area contributed by atoms with Crippen molar-refractivity contribution in [3.63, 3.8) is 0 Å². The average Bonchev–Trinajstić information content (AvgIpc) is 2.89. The van der Waals surface area contributed by atoms with Crippen LogP contribution in [0.3, 0.4) is 0 Å². The summed E-state index contributed by atoms with van der Waals surface area (Å²) in [7, 11) is 0. The zero-order valence-corrected chi connectivity index (χ0v) is 11.0. The van der Waals surface area contributed by atoms with Crippen molar-refractivity contribution in [2.45, 2.75) is 21.3 Å². The Bertz CT molecular complexity index is 754. The van der Waals surface area contributed by atoms with Gasteiger partial charge in [0, 0.05) is 29.8 Å². The maximum Gasteiger partial charge on any atom is 0.0667 e. The topological polar surface area (TPSA) is 30.2 Å². The summed E-state index contributed by atoms with van der Waals surface area (Å²) in [6.45, 7) is 4.10. The van der Waals surface area contributed by atoms with Gasteiger partial charge in [-0.05, 0) is 49.2 Å². The second-order valence-electron chi connectivity index (χ2n) is 4.45. The Morgan fingerprint density at radius 1 is 1.20 bits per heavy atom. The smallest absolute Gasteiger partial charge is 0.0667 e. The van der Waals surface area contributed by atoms with Gasteiger partial charge in [0.2, 0.25) is 0 Å². The molecule has 0 aromatic carbocycles. The predicted molar refractivity (Wildman–Crippen MR) is 83.7 cm³/mol. The lowest BCUT2D eigenvalue weighted by molar-refractivity contribution is 0.960. The van der Waals surface area contributed by atoms with Crippen LogP contribution in [-0.2, 0) is 0 Å². The highest BCUT2D eigenvalue weighted by molar-refractivity contribution is 5.82. The Morgan fingerprint density at radius 3 is 2.80 bits per heavy atom. The Balaban J connectivity index is 0.00000147. The lowest BCUT2D eigenvalue weighted by Gasteiger charge is -2.10. The fourth-order valence-electron chi connectivity index (χ4n) is 2.34. The number of nitrogens with zero attached hydrogens (tertiary/aromatic N) is 3. The first-order valence-corrected chi connectivity index (χ1v) is 6.31. The van der Waals surface area contributed by atoms with E-state index in [1.165, 1.54) is 16.7 Å². The molecule has 3 heteroatoms. The van der Waals surface area contributed by atoms with E-state index in [-0.39, 0.29) is 7.43 Å². The molecular formula is C17H19N3. The predicted octanol–water partition coefficient (Wildman–Crippen LogP) is 4.13. The highest BCUT2D eigenvalue weighted by Crippen LogP contribution is 2.25. The Labute approximate surface area is 119 Å². The van der Waals surface area contributed by atoms with Crippen LogP contribution in [0.5, 0.6) is 0 Å². The summed E-state index contributed by atoms with van der Waals surface area (Å²) in [6.07, 6.45) is 7.75. The number of hydrogen-bond acceptors (Lipinski definition) is 2. The summed E-state index contributed by atoms with van der Waals surface area (Å²) in [5, 5.41) is 4.22. The quantitative estimate of drug-likeness (QED) is 0.697. The van der Waals surface area contributed by atoms with Crippen LogP contribution in [0.2, 0.25) is 0 Å². The van der Waals surface area contributed by atoms with Crippen LogP contribution >= 0.6 is 0 Å². The lowest BCUT2D eigenvalue weighted by Crippen LogP contribution is -1.95. The minimum atomic E-state index is 0. The zero-order chi connectivity index (χ0) is 13.2. The van der Waals surface area contributed by atoms with Gasteiger partial charge in [-0.1, -0.05) is 19.6 Å². The Morgan fingerprint density at radius 2 is 2.05 bits per heavy atom. The molecule has 0 radical (unpaired) electrons. The van der Waals surface area contributed by atoms with Crippen LogP contribution in [-0.4, -0.2) is 14.6 Å². The molecule has 0 saturated heterocycles. The molecule has 0 aliphatic rings. The molecule has 3 nitrogen and oxygen atoms in total. The Kier molecular flexibility index (Phi) is 3.99. The Hall–Kier alpha value is -2.42. The summed E-state index contributed by atoms with van der Waals surface area (Å²) in [4.78, 5) is 4.37. The minimum Gasteiger partial charge on any atom is -0.261 e. The number of aryl methyl sites for hydroxylation is 1. The maximum absolute atomic E-state index is 4.37. The molecule has 0 saturated carbocycles. The van der Waals surface area contributed by atoms with Gasteiger partial charge in [0.15, 0.2) is 0 Å². The average molecular weight is 265 g/mol. The molecular weight excluding hydrogens is 246 g/mol. The molecule has 0 spiro atoms. The molecule has 0 unspecified atom stereocenters. The third-order valence-electron chi connectivity index (χ3n) is 3.30.